The van der Waals surface area contributed by atoms with E-state index in [4.69, 9.17) is 15.6 Å². The summed E-state index contributed by atoms with van der Waals surface area (Å²) in [5, 5.41) is 20.1. The van der Waals surface area contributed by atoms with Gasteiger partial charge in [-0.3, -0.25) is 24.0 Å². The van der Waals surface area contributed by atoms with Crippen LogP contribution in [0.25, 0.3) is 10.9 Å². The first-order valence-corrected chi connectivity index (χ1v) is 15.5. The minimum absolute atomic E-state index is 0.00318. The number of rotatable bonds is 17. The molecule has 0 aliphatic heterocycles. The predicted molar refractivity (Wildman–Crippen MR) is 179 cm³/mol. The van der Waals surface area contributed by atoms with E-state index in [0.29, 0.717) is 11.1 Å². The number of para-hydroxylation sites is 1. The average molecular weight is 671 g/mol. The minimum atomic E-state index is -1.36. The zero-order chi connectivity index (χ0) is 35.2. The zero-order valence-corrected chi connectivity index (χ0v) is 26.5. The van der Waals surface area contributed by atoms with Crippen LogP contribution in [0.2, 0.25) is 0 Å². The number of carbonyl (C=O) groups excluding carboxylic acids is 5. The summed E-state index contributed by atoms with van der Waals surface area (Å²) in [4.78, 5) is 78.9. The molecule has 4 rings (SSSR count). The SMILES string of the molecule is NC(=O)[C@H](CNC(=O)OCc1ccccc1)NC(=O)[C@H](Cc1ccccc1)NC(=O)[C@H](Cc1c[nH]c2ccccc12)NC(=O)CCC(=O)O. The second-order valence-electron chi connectivity index (χ2n) is 11.2. The summed E-state index contributed by atoms with van der Waals surface area (Å²) in [6.45, 7) is -0.401. The van der Waals surface area contributed by atoms with E-state index in [1.165, 1.54) is 0 Å². The molecule has 0 aliphatic carbocycles. The Morgan fingerprint density at radius 3 is 1.96 bits per heavy atom. The van der Waals surface area contributed by atoms with E-state index < -0.39 is 60.2 Å². The molecule has 3 aromatic carbocycles. The number of ether oxygens (including phenoxy) is 1. The van der Waals surface area contributed by atoms with Gasteiger partial charge in [-0.05, 0) is 22.8 Å². The Balaban J connectivity index is 1.49. The molecule has 5 amide bonds. The van der Waals surface area contributed by atoms with Gasteiger partial charge in [-0.15, -0.1) is 0 Å². The van der Waals surface area contributed by atoms with Crippen LogP contribution in [0, 0.1) is 0 Å². The van der Waals surface area contributed by atoms with Crippen molar-refractivity contribution < 1.29 is 38.6 Å². The Bertz CT molecular complexity index is 1760. The monoisotopic (exact) mass is 670 g/mol. The summed E-state index contributed by atoms with van der Waals surface area (Å²) < 4.78 is 5.16. The predicted octanol–water partition coefficient (Wildman–Crippen LogP) is 1.68. The lowest BCUT2D eigenvalue weighted by Crippen LogP contribution is -2.59. The van der Waals surface area contributed by atoms with Crippen LogP contribution in [0.4, 0.5) is 4.79 Å². The number of aromatic amines is 1. The summed E-state index contributed by atoms with van der Waals surface area (Å²) in [6.07, 6.45) is 0.0996. The number of hydrogen-bond donors (Lipinski definition) is 7. The van der Waals surface area contributed by atoms with E-state index in [9.17, 15) is 28.8 Å². The molecule has 14 heteroatoms. The molecule has 0 spiro atoms. The lowest BCUT2D eigenvalue weighted by Gasteiger charge is -2.25. The van der Waals surface area contributed by atoms with E-state index in [2.05, 4.69) is 26.3 Å². The van der Waals surface area contributed by atoms with E-state index in [-0.39, 0.29) is 32.4 Å². The molecule has 14 nitrogen and oxygen atoms in total. The van der Waals surface area contributed by atoms with Crippen molar-refractivity contribution in [2.75, 3.05) is 6.54 Å². The minimum Gasteiger partial charge on any atom is -0.481 e. The molecular weight excluding hydrogens is 632 g/mol. The van der Waals surface area contributed by atoms with Gasteiger partial charge < -0.3 is 41.8 Å². The summed E-state index contributed by atoms with van der Waals surface area (Å²) in [6, 6.07) is 21.3. The van der Waals surface area contributed by atoms with E-state index in [1.54, 1.807) is 60.8 Å². The number of fused-ring (bicyclic) bond motifs is 1. The standard InChI is InChI=1S/C35H38N6O8/c36-32(45)29(20-38-35(48)49-21-23-11-5-2-6-12-23)41-33(46)27(17-22-9-3-1-4-10-22)40-34(47)28(39-30(42)15-16-31(43)44)18-24-19-37-26-14-8-7-13-25(24)26/h1-14,19,27-29,37H,15-18,20-21H2,(H2,36,45)(H,38,48)(H,39,42)(H,40,47)(H,41,46)(H,43,44)/t27-,28-,29-/m0/s1. The van der Waals surface area contributed by atoms with Crippen LogP contribution in [-0.2, 0) is 48.2 Å². The van der Waals surface area contributed by atoms with Gasteiger partial charge in [-0.2, -0.15) is 0 Å². The third-order valence-electron chi connectivity index (χ3n) is 7.56. The number of aliphatic carboxylic acids is 1. The number of carboxylic acids is 1. The lowest BCUT2D eigenvalue weighted by atomic mass is 10.0. The lowest BCUT2D eigenvalue weighted by molar-refractivity contribution is -0.139. The molecule has 3 atom stereocenters. The van der Waals surface area contributed by atoms with Gasteiger partial charge in [0.15, 0.2) is 0 Å². The van der Waals surface area contributed by atoms with Crippen molar-refractivity contribution in [3.63, 3.8) is 0 Å². The van der Waals surface area contributed by atoms with Gasteiger partial charge in [0.05, 0.1) is 13.0 Å². The Labute approximate surface area is 281 Å². The van der Waals surface area contributed by atoms with E-state index in [1.807, 2.05) is 30.3 Å². The molecule has 0 saturated heterocycles. The number of carboxylic acid groups (broad SMARTS) is 1. The van der Waals surface area contributed by atoms with Crippen molar-refractivity contribution in [3.05, 3.63) is 108 Å². The number of alkyl carbamates (subject to hydrolysis) is 1. The third kappa shape index (κ3) is 11.2. The van der Waals surface area contributed by atoms with E-state index in [0.717, 1.165) is 16.5 Å². The molecule has 0 saturated carbocycles. The largest absolute Gasteiger partial charge is 0.481 e. The van der Waals surface area contributed by atoms with Crippen molar-refractivity contribution in [3.8, 4) is 0 Å². The van der Waals surface area contributed by atoms with Crippen LogP contribution in [0.5, 0.6) is 0 Å². The molecule has 1 aromatic heterocycles. The van der Waals surface area contributed by atoms with Crippen LogP contribution in [0.15, 0.2) is 91.1 Å². The van der Waals surface area contributed by atoms with Gasteiger partial charge in [-0.25, -0.2) is 4.79 Å². The van der Waals surface area contributed by atoms with Crippen LogP contribution < -0.4 is 27.0 Å². The second-order valence-corrected chi connectivity index (χ2v) is 11.2. The zero-order valence-electron chi connectivity index (χ0n) is 26.5. The van der Waals surface area contributed by atoms with Crippen LogP contribution in [0.1, 0.15) is 29.5 Å². The highest BCUT2D eigenvalue weighted by Crippen LogP contribution is 2.19. The molecule has 0 fully saturated rings. The van der Waals surface area contributed by atoms with Crippen molar-refractivity contribution in [1.82, 2.24) is 26.3 Å². The fraction of sp³-hybridized carbons (Fsp3) is 0.257. The van der Waals surface area contributed by atoms with Crippen molar-refractivity contribution >= 4 is 46.6 Å². The molecule has 8 N–H and O–H groups in total. The molecule has 0 aliphatic rings. The van der Waals surface area contributed by atoms with Gasteiger partial charge in [0.2, 0.25) is 23.6 Å². The van der Waals surface area contributed by atoms with Crippen LogP contribution >= 0.6 is 0 Å². The van der Waals surface area contributed by atoms with Gasteiger partial charge in [0, 0.05) is 36.4 Å². The highest BCUT2D eigenvalue weighted by molar-refractivity contribution is 5.95. The molecule has 1 heterocycles. The summed E-state index contributed by atoms with van der Waals surface area (Å²) in [7, 11) is 0. The number of nitrogens with two attached hydrogens (primary N) is 1. The number of nitrogens with one attached hydrogen (secondary N) is 5. The topological polar surface area (TPSA) is 222 Å². The Morgan fingerprint density at radius 2 is 1.31 bits per heavy atom. The molecular formula is C35H38N6O8. The fourth-order valence-electron chi connectivity index (χ4n) is 5.00. The van der Waals surface area contributed by atoms with Crippen LogP contribution in [-0.4, -0.2) is 70.5 Å². The maximum atomic E-state index is 13.8. The number of H-pyrrole nitrogens is 1. The van der Waals surface area contributed by atoms with Crippen LogP contribution in [0.3, 0.4) is 0 Å². The first-order valence-electron chi connectivity index (χ1n) is 15.5. The molecule has 0 bridgehead atoms. The summed E-state index contributed by atoms with van der Waals surface area (Å²) in [5.41, 5.74) is 8.48. The number of hydrogen-bond acceptors (Lipinski definition) is 7. The first-order chi connectivity index (χ1) is 23.6. The molecule has 4 aromatic rings. The maximum absolute atomic E-state index is 13.8. The van der Waals surface area contributed by atoms with E-state index >= 15 is 0 Å². The highest BCUT2D eigenvalue weighted by Gasteiger charge is 2.30. The normalized spacial score (nSPS) is 12.6. The first kappa shape index (κ1) is 35.7. The maximum Gasteiger partial charge on any atom is 0.407 e. The molecule has 256 valence electrons. The van der Waals surface area contributed by atoms with Gasteiger partial charge in [-0.1, -0.05) is 78.9 Å². The Morgan fingerprint density at radius 1 is 0.714 bits per heavy atom. The van der Waals surface area contributed by atoms with Crippen molar-refractivity contribution in [1.29, 1.82) is 0 Å². The van der Waals surface area contributed by atoms with Crippen molar-refractivity contribution in [2.24, 2.45) is 5.73 Å². The number of primary amides is 1. The van der Waals surface area contributed by atoms with Gasteiger partial charge in [0.1, 0.15) is 24.7 Å². The average Bonchev–Trinajstić information content (AvgIpc) is 3.50. The Kier molecular flexibility index (Phi) is 12.9. The van der Waals surface area contributed by atoms with Gasteiger partial charge >= 0.3 is 12.1 Å². The second kappa shape index (κ2) is 17.7. The summed E-state index contributed by atoms with van der Waals surface area (Å²) >= 11 is 0. The fourth-order valence-corrected chi connectivity index (χ4v) is 5.00. The molecule has 0 radical (unpaired) electrons. The number of aromatic nitrogens is 1. The third-order valence-corrected chi connectivity index (χ3v) is 7.56. The van der Waals surface area contributed by atoms with Crippen molar-refractivity contribution in [2.45, 2.75) is 50.4 Å². The van der Waals surface area contributed by atoms with Gasteiger partial charge in [0.25, 0.3) is 0 Å². The highest BCUT2D eigenvalue weighted by atomic mass is 16.5. The Hall–Kier alpha value is -6.18. The molecule has 49 heavy (non-hydrogen) atoms. The number of amides is 5. The molecule has 0 unspecified atom stereocenters. The summed E-state index contributed by atoms with van der Waals surface area (Å²) in [5.74, 6) is -4.27. The smallest absolute Gasteiger partial charge is 0.407 e. The number of benzene rings is 3. The quantitative estimate of drug-likeness (QED) is 0.0874. The number of carbonyl (C=O) groups is 6.